The van der Waals surface area contributed by atoms with Gasteiger partial charge in [-0.1, -0.05) is 18.2 Å². The summed E-state index contributed by atoms with van der Waals surface area (Å²) in [5, 5.41) is 2.75. The van der Waals surface area contributed by atoms with Gasteiger partial charge in [0.1, 0.15) is 5.82 Å². The number of rotatable bonds is 10. The maximum atomic E-state index is 13.4. The smallest absolute Gasteiger partial charge is 0.221 e. The lowest BCUT2D eigenvalue weighted by molar-refractivity contribution is -0.129. The number of nitrogens with zero attached hydrogens (tertiary/aromatic N) is 1. The van der Waals surface area contributed by atoms with Crippen molar-refractivity contribution in [3.8, 4) is 0 Å². The second kappa shape index (κ2) is 10.7. The maximum Gasteiger partial charge on any atom is 0.221 e. The molecule has 0 aliphatic heterocycles. The van der Waals surface area contributed by atoms with E-state index in [-0.39, 0.29) is 24.1 Å². The summed E-state index contributed by atoms with van der Waals surface area (Å²) in [4.78, 5) is 24.9. The lowest BCUT2D eigenvalue weighted by Crippen LogP contribution is -2.35. The van der Waals surface area contributed by atoms with Crippen molar-refractivity contribution in [1.82, 2.24) is 10.2 Å². The van der Waals surface area contributed by atoms with Gasteiger partial charge in [-0.05, 0) is 24.5 Å². The van der Waals surface area contributed by atoms with Crippen molar-refractivity contribution < 1.29 is 18.7 Å². The SMILES string of the molecule is COCCCN(CCC(=O)NCCc1ccccc1F)C(C)=O. The van der Waals surface area contributed by atoms with Crippen molar-refractivity contribution in [2.75, 3.05) is 33.4 Å². The maximum absolute atomic E-state index is 13.4. The van der Waals surface area contributed by atoms with Crippen molar-refractivity contribution in [3.05, 3.63) is 35.6 Å². The van der Waals surface area contributed by atoms with Crippen LogP contribution in [0.5, 0.6) is 0 Å². The Hall–Kier alpha value is -1.95. The number of ether oxygens (including phenoxy) is 1. The Morgan fingerprint density at radius 3 is 2.65 bits per heavy atom. The van der Waals surface area contributed by atoms with Crippen molar-refractivity contribution in [2.45, 2.75) is 26.2 Å². The summed E-state index contributed by atoms with van der Waals surface area (Å²) < 4.78 is 18.4. The van der Waals surface area contributed by atoms with Gasteiger partial charge >= 0.3 is 0 Å². The fraction of sp³-hybridized carbons (Fsp3) is 0.529. The summed E-state index contributed by atoms with van der Waals surface area (Å²) >= 11 is 0. The number of hydrogen-bond donors (Lipinski definition) is 1. The molecule has 6 heteroatoms. The van der Waals surface area contributed by atoms with Crippen molar-refractivity contribution in [1.29, 1.82) is 0 Å². The largest absolute Gasteiger partial charge is 0.385 e. The molecule has 0 atom stereocenters. The van der Waals surface area contributed by atoms with Gasteiger partial charge in [0, 0.05) is 46.7 Å². The van der Waals surface area contributed by atoms with E-state index in [2.05, 4.69) is 5.32 Å². The average molecular weight is 324 g/mol. The highest BCUT2D eigenvalue weighted by Gasteiger charge is 2.11. The van der Waals surface area contributed by atoms with E-state index in [1.165, 1.54) is 13.0 Å². The third-order valence-corrected chi connectivity index (χ3v) is 3.50. The number of amides is 2. The quantitative estimate of drug-likeness (QED) is 0.667. The molecule has 0 heterocycles. The van der Waals surface area contributed by atoms with Crippen molar-refractivity contribution >= 4 is 11.8 Å². The molecule has 1 aromatic carbocycles. The van der Waals surface area contributed by atoms with Crippen LogP contribution in [0.2, 0.25) is 0 Å². The van der Waals surface area contributed by atoms with Crippen LogP contribution < -0.4 is 5.32 Å². The molecule has 2 amide bonds. The minimum Gasteiger partial charge on any atom is -0.385 e. The zero-order valence-electron chi connectivity index (χ0n) is 13.8. The minimum absolute atomic E-state index is 0.0553. The van der Waals surface area contributed by atoms with Gasteiger partial charge in [0.05, 0.1) is 0 Å². The van der Waals surface area contributed by atoms with E-state index < -0.39 is 0 Å². The second-order valence-electron chi connectivity index (χ2n) is 5.29. The zero-order valence-corrected chi connectivity index (χ0v) is 13.8. The molecule has 0 aliphatic carbocycles. The molecule has 1 aromatic rings. The van der Waals surface area contributed by atoms with Crippen LogP contribution >= 0.6 is 0 Å². The zero-order chi connectivity index (χ0) is 17.1. The van der Waals surface area contributed by atoms with E-state index in [1.54, 1.807) is 30.2 Å². The molecule has 0 saturated heterocycles. The van der Waals surface area contributed by atoms with Gasteiger partial charge in [0.25, 0.3) is 0 Å². The monoisotopic (exact) mass is 324 g/mol. The average Bonchev–Trinajstić information content (AvgIpc) is 2.52. The first-order valence-electron chi connectivity index (χ1n) is 7.79. The van der Waals surface area contributed by atoms with Crippen LogP contribution in [-0.2, 0) is 20.7 Å². The Balaban J connectivity index is 2.27. The molecule has 128 valence electrons. The molecule has 5 nitrogen and oxygen atoms in total. The highest BCUT2D eigenvalue weighted by Crippen LogP contribution is 2.06. The molecule has 0 spiro atoms. The molecule has 0 bridgehead atoms. The van der Waals surface area contributed by atoms with Crippen molar-refractivity contribution in [2.24, 2.45) is 0 Å². The predicted octanol–water partition coefficient (Wildman–Crippen LogP) is 1.76. The van der Waals surface area contributed by atoms with Gasteiger partial charge < -0.3 is 15.0 Å². The van der Waals surface area contributed by atoms with Crippen LogP contribution in [-0.4, -0.2) is 50.1 Å². The minimum atomic E-state index is -0.261. The Labute approximate surface area is 136 Å². The topological polar surface area (TPSA) is 58.6 Å². The summed E-state index contributed by atoms with van der Waals surface area (Å²) in [5.41, 5.74) is 0.581. The molecular weight excluding hydrogens is 299 g/mol. The molecule has 0 aromatic heterocycles. The third-order valence-electron chi connectivity index (χ3n) is 3.50. The van der Waals surface area contributed by atoms with Gasteiger partial charge in [-0.25, -0.2) is 4.39 Å². The van der Waals surface area contributed by atoms with Gasteiger partial charge in [-0.3, -0.25) is 9.59 Å². The summed E-state index contributed by atoms with van der Waals surface area (Å²) in [5.74, 6) is -0.456. The highest BCUT2D eigenvalue weighted by atomic mass is 19.1. The molecular formula is C17H25FN2O3. The summed E-state index contributed by atoms with van der Waals surface area (Å²) in [6.45, 7) is 3.40. The van der Waals surface area contributed by atoms with E-state index >= 15 is 0 Å². The number of carbonyl (C=O) groups is 2. The number of benzene rings is 1. The molecule has 0 aliphatic rings. The first-order chi connectivity index (χ1) is 11.0. The van der Waals surface area contributed by atoms with Crippen LogP contribution in [0.4, 0.5) is 4.39 Å². The number of halogens is 1. The molecule has 1 rings (SSSR count). The summed E-state index contributed by atoms with van der Waals surface area (Å²) in [7, 11) is 1.61. The van der Waals surface area contributed by atoms with E-state index in [1.807, 2.05) is 0 Å². The van der Waals surface area contributed by atoms with E-state index in [4.69, 9.17) is 4.74 Å². The Morgan fingerprint density at radius 1 is 1.26 bits per heavy atom. The predicted molar refractivity (Wildman–Crippen MR) is 86.5 cm³/mol. The molecule has 0 fully saturated rings. The van der Waals surface area contributed by atoms with Crippen LogP contribution in [0, 0.1) is 5.82 Å². The normalized spacial score (nSPS) is 10.4. The first-order valence-corrected chi connectivity index (χ1v) is 7.79. The Bertz CT molecular complexity index is 508. The summed E-state index contributed by atoms with van der Waals surface area (Å²) in [6, 6.07) is 6.51. The molecule has 0 radical (unpaired) electrons. The van der Waals surface area contributed by atoms with Crippen LogP contribution in [0.15, 0.2) is 24.3 Å². The second-order valence-corrected chi connectivity index (χ2v) is 5.29. The Morgan fingerprint density at radius 2 is 2.00 bits per heavy atom. The van der Waals surface area contributed by atoms with E-state index in [0.717, 1.165) is 6.42 Å². The standard InChI is InChI=1S/C17H25FN2O3/c1-14(21)20(11-5-13-23-2)12-9-17(22)19-10-8-15-6-3-4-7-16(15)18/h3-4,6-7H,5,8-13H2,1-2H3,(H,19,22). The van der Waals surface area contributed by atoms with E-state index in [0.29, 0.717) is 38.2 Å². The Kier molecular flexibility index (Phi) is 8.90. The van der Waals surface area contributed by atoms with Crippen LogP contribution in [0.1, 0.15) is 25.3 Å². The van der Waals surface area contributed by atoms with Gasteiger partial charge in [0.15, 0.2) is 0 Å². The van der Waals surface area contributed by atoms with E-state index in [9.17, 15) is 14.0 Å². The van der Waals surface area contributed by atoms with Crippen LogP contribution in [0.3, 0.4) is 0 Å². The summed E-state index contributed by atoms with van der Waals surface area (Å²) in [6.07, 6.45) is 1.43. The number of nitrogens with one attached hydrogen (secondary N) is 1. The van der Waals surface area contributed by atoms with Crippen LogP contribution in [0.25, 0.3) is 0 Å². The fourth-order valence-electron chi connectivity index (χ4n) is 2.19. The number of methoxy groups -OCH3 is 1. The van der Waals surface area contributed by atoms with Crippen molar-refractivity contribution in [3.63, 3.8) is 0 Å². The lowest BCUT2D eigenvalue weighted by atomic mass is 10.1. The molecule has 0 unspecified atom stereocenters. The molecule has 0 saturated carbocycles. The van der Waals surface area contributed by atoms with Gasteiger partial charge in [0.2, 0.25) is 11.8 Å². The van der Waals surface area contributed by atoms with Gasteiger partial charge in [-0.15, -0.1) is 0 Å². The number of hydrogen-bond acceptors (Lipinski definition) is 3. The fourth-order valence-corrected chi connectivity index (χ4v) is 2.19. The third kappa shape index (κ3) is 7.74. The number of carbonyl (C=O) groups excluding carboxylic acids is 2. The lowest BCUT2D eigenvalue weighted by Gasteiger charge is -2.20. The first kappa shape index (κ1) is 19.1. The highest BCUT2D eigenvalue weighted by molar-refractivity contribution is 5.78. The van der Waals surface area contributed by atoms with Gasteiger partial charge in [-0.2, -0.15) is 0 Å². The molecule has 23 heavy (non-hydrogen) atoms. The molecule has 1 N–H and O–H groups in total.